The van der Waals surface area contributed by atoms with Gasteiger partial charge in [-0.2, -0.15) is 10.2 Å². The summed E-state index contributed by atoms with van der Waals surface area (Å²) in [7, 11) is 1.71. The number of aromatic amines is 1. The second-order valence-corrected chi connectivity index (χ2v) is 9.57. The summed E-state index contributed by atoms with van der Waals surface area (Å²) < 4.78 is 18.3. The lowest BCUT2D eigenvalue weighted by Gasteiger charge is -2.14. The van der Waals surface area contributed by atoms with Crippen LogP contribution in [0.4, 0.5) is 10.6 Å². The summed E-state index contributed by atoms with van der Waals surface area (Å²) in [4.78, 5) is 29.2. The van der Waals surface area contributed by atoms with Gasteiger partial charge in [-0.3, -0.25) is 19.6 Å². The summed E-state index contributed by atoms with van der Waals surface area (Å²) in [5.41, 5.74) is 3.42. The molecule has 3 N–H and O–H groups in total. The molecule has 3 aromatic heterocycles. The summed E-state index contributed by atoms with van der Waals surface area (Å²) in [6.07, 6.45) is 4.69. The molecular weight excluding hydrogens is 478 g/mol. The van der Waals surface area contributed by atoms with E-state index in [1.807, 2.05) is 26.0 Å². The Balaban J connectivity index is 1.23. The maximum Gasteiger partial charge on any atom is 0.407 e. The normalized spacial score (nSPS) is 19.9. The predicted molar refractivity (Wildman–Crippen MR) is 133 cm³/mol. The number of hydrogen-bond donors (Lipinski definition) is 3. The molecule has 1 saturated heterocycles. The van der Waals surface area contributed by atoms with E-state index in [-0.39, 0.29) is 24.0 Å². The Bertz CT molecular complexity index is 1260. The maximum atomic E-state index is 13.1. The highest BCUT2D eigenvalue weighted by molar-refractivity contribution is 6.03. The number of aromatic nitrogens is 5. The quantitative estimate of drug-likeness (QED) is 0.440. The molecule has 1 aliphatic carbocycles. The molecule has 2 fully saturated rings. The summed E-state index contributed by atoms with van der Waals surface area (Å²) in [5.74, 6) is 0.248. The van der Waals surface area contributed by atoms with Crippen molar-refractivity contribution in [1.82, 2.24) is 30.3 Å². The summed E-state index contributed by atoms with van der Waals surface area (Å²) in [5, 5.41) is 17.4. The fraction of sp³-hybridized carbons (Fsp3) is 0.480. The monoisotopic (exact) mass is 509 g/mol. The van der Waals surface area contributed by atoms with Gasteiger partial charge in [0.15, 0.2) is 12.1 Å². The van der Waals surface area contributed by atoms with E-state index >= 15 is 0 Å². The van der Waals surface area contributed by atoms with Crippen molar-refractivity contribution < 1.29 is 23.8 Å². The fourth-order valence-electron chi connectivity index (χ4n) is 4.71. The highest BCUT2D eigenvalue weighted by atomic mass is 16.7. The molecule has 37 heavy (non-hydrogen) atoms. The number of nitrogens with one attached hydrogen (secondary N) is 3. The third-order valence-electron chi connectivity index (χ3n) is 6.46. The number of nitrogens with zero attached hydrogens (tertiary/aromatic N) is 4. The molecule has 1 saturated carbocycles. The van der Waals surface area contributed by atoms with Crippen molar-refractivity contribution in [1.29, 1.82) is 0 Å². The van der Waals surface area contributed by atoms with E-state index in [2.05, 4.69) is 30.9 Å². The first-order valence-electron chi connectivity index (χ1n) is 12.4. The van der Waals surface area contributed by atoms with E-state index in [9.17, 15) is 9.59 Å². The van der Waals surface area contributed by atoms with Crippen LogP contribution < -0.4 is 10.6 Å². The largest absolute Gasteiger partial charge is 0.446 e. The lowest BCUT2D eigenvalue weighted by Crippen LogP contribution is -2.33. The van der Waals surface area contributed by atoms with Crippen LogP contribution in [0.1, 0.15) is 67.1 Å². The molecular formula is C25H31N7O5. The number of aryl methyl sites for hydroxylation is 1. The van der Waals surface area contributed by atoms with Crippen molar-refractivity contribution in [3.05, 3.63) is 47.5 Å². The number of carbonyl (C=O) groups is 2. The van der Waals surface area contributed by atoms with Gasteiger partial charge < -0.3 is 24.8 Å². The van der Waals surface area contributed by atoms with Crippen LogP contribution >= 0.6 is 0 Å². The lowest BCUT2D eigenvalue weighted by atomic mass is 10.0. The van der Waals surface area contributed by atoms with Crippen molar-refractivity contribution in [2.24, 2.45) is 7.05 Å². The van der Waals surface area contributed by atoms with Gasteiger partial charge in [0.2, 0.25) is 0 Å². The molecule has 12 heteroatoms. The molecule has 0 aromatic carbocycles. The molecule has 0 bridgehead atoms. The SMILES string of the molecule is CC(C)NC(=O)O[C@@H]1CC[C@H](c2cc(NC(=O)c3cc(-c4cnccc4C4OCCO4)nn3C)n[nH]2)C1. The average molecular weight is 510 g/mol. The average Bonchev–Trinajstić information content (AvgIpc) is 3.66. The van der Waals surface area contributed by atoms with Gasteiger partial charge in [-0.05, 0) is 45.2 Å². The highest BCUT2D eigenvalue weighted by Crippen LogP contribution is 2.36. The van der Waals surface area contributed by atoms with E-state index in [1.54, 1.807) is 25.5 Å². The van der Waals surface area contributed by atoms with Gasteiger partial charge in [0.1, 0.15) is 11.8 Å². The summed E-state index contributed by atoms with van der Waals surface area (Å²) >= 11 is 0. The Labute approximate surface area is 214 Å². The van der Waals surface area contributed by atoms with Gasteiger partial charge in [-0.25, -0.2) is 4.79 Å². The highest BCUT2D eigenvalue weighted by Gasteiger charge is 2.30. The van der Waals surface area contributed by atoms with Gasteiger partial charge >= 0.3 is 6.09 Å². The van der Waals surface area contributed by atoms with Crippen LogP contribution in [0.25, 0.3) is 11.3 Å². The van der Waals surface area contributed by atoms with Crippen LogP contribution in [0.15, 0.2) is 30.6 Å². The molecule has 0 unspecified atom stereocenters. The molecule has 1 aliphatic heterocycles. The second kappa shape index (κ2) is 10.7. The third-order valence-corrected chi connectivity index (χ3v) is 6.46. The Morgan fingerprint density at radius 2 is 2.03 bits per heavy atom. The van der Waals surface area contributed by atoms with Crippen LogP contribution in [-0.2, 0) is 21.3 Å². The van der Waals surface area contributed by atoms with Gasteiger partial charge in [0.05, 0.1) is 18.9 Å². The molecule has 2 atom stereocenters. The number of rotatable bonds is 7. The van der Waals surface area contributed by atoms with Gasteiger partial charge in [0.25, 0.3) is 5.91 Å². The lowest BCUT2D eigenvalue weighted by molar-refractivity contribution is -0.0437. The minimum absolute atomic E-state index is 0.0284. The molecule has 0 spiro atoms. The number of pyridine rings is 1. The van der Waals surface area contributed by atoms with E-state index in [1.165, 1.54) is 4.68 Å². The van der Waals surface area contributed by atoms with Crippen LogP contribution in [0.5, 0.6) is 0 Å². The second-order valence-electron chi connectivity index (χ2n) is 9.57. The Morgan fingerprint density at radius 1 is 1.22 bits per heavy atom. The Morgan fingerprint density at radius 3 is 2.81 bits per heavy atom. The minimum Gasteiger partial charge on any atom is -0.446 e. The van der Waals surface area contributed by atoms with Crippen LogP contribution in [0, 0.1) is 0 Å². The van der Waals surface area contributed by atoms with Crippen molar-refractivity contribution in [2.45, 2.75) is 57.5 Å². The molecule has 2 aliphatic rings. The molecule has 2 amide bonds. The van der Waals surface area contributed by atoms with Crippen LogP contribution in [0.3, 0.4) is 0 Å². The molecule has 196 valence electrons. The number of anilines is 1. The van der Waals surface area contributed by atoms with E-state index < -0.39 is 12.4 Å². The molecule has 5 rings (SSSR count). The molecule has 3 aromatic rings. The zero-order valence-corrected chi connectivity index (χ0v) is 21.1. The fourth-order valence-corrected chi connectivity index (χ4v) is 4.71. The Kier molecular flexibility index (Phi) is 7.19. The van der Waals surface area contributed by atoms with E-state index in [0.29, 0.717) is 36.8 Å². The minimum atomic E-state index is -0.482. The number of alkyl carbamates (subject to hydrolysis) is 1. The number of amides is 2. The van der Waals surface area contributed by atoms with Gasteiger partial charge in [-0.1, -0.05) is 0 Å². The molecule has 4 heterocycles. The smallest absolute Gasteiger partial charge is 0.407 e. The first kappa shape index (κ1) is 24.9. The predicted octanol–water partition coefficient (Wildman–Crippen LogP) is 3.27. The maximum absolute atomic E-state index is 13.1. The van der Waals surface area contributed by atoms with Crippen LogP contribution in [0.2, 0.25) is 0 Å². The molecule has 12 nitrogen and oxygen atoms in total. The van der Waals surface area contributed by atoms with Crippen molar-refractivity contribution in [2.75, 3.05) is 18.5 Å². The summed E-state index contributed by atoms with van der Waals surface area (Å²) in [6, 6.07) is 5.39. The van der Waals surface area contributed by atoms with E-state index in [4.69, 9.17) is 14.2 Å². The number of ether oxygens (including phenoxy) is 3. The molecule has 0 radical (unpaired) electrons. The van der Waals surface area contributed by atoms with Crippen LogP contribution in [-0.4, -0.2) is 62.3 Å². The third kappa shape index (κ3) is 5.65. The van der Waals surface area contributed by atoms with Crippen molar-refractivity contribution in [3.8, 4) is 11.3 Å². The standard InChI is InChI=1S/C25H31N7O5/c1-14(2)27-25(34)37-16-5-4-15(10-16)19-12-22(30-29-19)28-23(33)21-11-20(31-32(21)3)18-13-26-7-6-17(18)24-35-8-9-36-24/h6-7,11-16,24H,4-5,8-10H2,1-3H3,(H,27,34)(H2,28,29,30,33)/t15-,16+/m0/s1. The topological polar surface area (TPSA) is 145 Å². The zero-order chi connectivity index (χ0) is 25.9. The van der Waals surface area contributed by atoms with Crippen molar-refractivity contribution >= 4 is 17.8 Å². The number of carbonyl (C=O) groups excluding carboxylic acids is 2. The number of H-pyrrole nitrogens is 1. The first-order chi connectivity index (χ1) is 17.9. The zero-order valence-electron chi connectivity index (χ0n) is 21.1. The van der Waals surface area contributed by atoms with Gasteiger partial charge in [0, 0.05) is 54.3 Å². The number of hydrogen-bond acceptors (Lipinski definition) is 8. The van der Waals surface area contributed by atoms with Gasteiger partial charge in [-0.15, -0.1) is 0 Å². The van der Waals surface area contributed by atoms with Crippen molar-refractivity contribution in [3.63, 3.8) is 0 Å². The summed E-state index contributed by atoms with van der Waals surface area (Å²) in [6.45, 7) is 4.83. The van der Waals surface area contributed by atoms with E-state index in [0.717, 1.165) is 29.7 Å². The first-order valence-corrected chi connectivity index (χ1v) is 12.4. The Hall–Kier alpha value is -3.77.